The van der Waals surface area contributed by atoms with Gasteiger partial charge in [0, 0.05) is 32.6 Å². The Labute approximate surface area is 130 Å². The Kier molecular flexibility index (Phi) is 4.26. The largest absolute Gasteiger partial charge is 0.354 e. The molecule has 0 saturated heterocycles. The predicted octanol–water partition coefficient (Wildman–Crippen LogP) is -0.621. The Bertz CT molecular complexity index is 561. The molecule has 0 aromatic carbocycles. The molecule has 1 fully saturated rings. The molecule has 2 aliphatic rings. The number of aryl methyl sites for hydroxylation is 1. The molecule has 1 atom stereocenters. The standard InChI is InChI=1S/C14H23N7O/c1-20(2)13(22)7-15-14(18-10-3-4-10)19-11-5-6-12-16-9-17-21(12)8-11/h9-11H,3-8H2,1-2H3,(H2,15,18,19). The second-order valence-electron chi connectivity index (χ2n) is 6.11. The van der Waals surface area contributed by atoms with Crippen molar-refractivity contribution in [2.75, 3.05) is 20.6 Å². The summed E-state index contributed by atoms with van der Waals surface area (Å²) < 4.78 is 1.93. The topological polar surface area (TPSA) is 87.4 Å². The highest BCUT2D eigenvalue weighted by Crippen LogP contribution is 2.18. The van der Waals surface area contributed by atoms with Crippen molar-refractivity contribution in [2.45, 2.75) is 44.3 Å². The molecule has 1 amide bonds. The molecule has 0 bridgehead atoms. The van der Waals surface area contributed by atoms with Crippen LogP contribution in [0.2, 0.25) is 0 Å². The normalized spacial score (nSPS) is 21.2. The third-order valence-corrected chi connectivity index (χ3v) is 3.94. The lowest BCUT2D eigenvalue weighted by atomic mass is 10.1. The molecule has 120 valence electrons. The monoisotopic (exact) mass is 305 g/mol. The number of carbonyl (C=O) groups excluding carboxylic acids is 1. The van der Waals surface area contributed by atoms with Gasteiger partial charge in [0.05, 0.1) is 6.54 Å². The molecule has 8 heteroatoms. The number of aromatic nitrogens is 3. The van der Waals surface area contributed by atoms with Gasteiger partial charge in [-0.25, -0.2) is 14.7 Å². The summed E-state index contributed by atoms with van der Waals surface area (Å²) in [6, 6.07) is 0.750. The lowest BCUT2D eigenvalue weighted by molar-refractivity contribution is -0.127. The molecule has 2 heterocycles. The summed E-state index contributed by atoms with van der Waals surface area (Å²) >= 11 is 0. The minimum Gasteiger partial charge on any atom is -0.354 e. The maximum Gasteiger partial charge on any atom is 0.243 e. The number of amides is 1. The zero-order valence-corrected chi connectivity index (χ0v) is 13.1. The maximum absolute atomic E-state index is 11.7. The first-order valence-electron chi connectivity index (χ1n) is 7.76. The lowest BCUT2D eigenvalue weighted by Gasteiger charge is -2.25. The molecule has 22 heavy (non-hydrogen) atoms. The van der Waals surface area contributed by atoms with Gasteiger partial charge in [0.15, 0.2) is 5.96 Å². The average molecular weight is 305 g/mol. The van der Waals surface area contributed by atoms with Gasteiger partial charge in [0.25, 0.3) is 0 Å². The highest BCUT2D eigenvalue weighted by atomic mass is 16.2. The van der Waals surface area contributed by atoms with E-state index in [4.69, 9.17) is 0 Å². The van der Waals surface area contributed by atoms with Crippen LogP contribution in [-0.2, 0) is 17.8 Å². The van der Waals surface area contributed by atoms with Crippen molar-refractivity contribution in [3.05, 3.63) is 12.2 Å². The van der Waals surface area contributed by atoms with Crippen LogP contribution in [0.15, 0.2) is 11.3 Å². The van der Waals surface area contributed by atoms with E-state index in [-0.39, 0.29) is 18.5 Å². The Hall–Kier alpha value is -2.12. The predicted molar refractivity (Wildman–Crippen MR) is 82.4 cm³/mol. The summed E-state index contributed by atoms with van der Waals surface area (Å²) in [6.07, 6.45) is 5.84. The molecular formula is C14H23N7O. The third kappa shape index (κ3) is 3.75. The molecule has 1 aromatic heterocycles. The van der Waals surface area contributed by atoms with E-state index in [2.05, 4.69) is 25.7 Å². The number of hydrogen-bond acceptors (Lipinski definition) is 4. The van der Waals surface area contributed by atoms with E-state index < -0.39 is 0 Å². The Morgan fingerprint density at radius 3 is 2.86 bits per heavy atom. The van der Waals surface area contributed by atoms with E-state index in [9.17, 15) is 4.79 Å². The highest BCUT2D eigenvalue weighted by Gasteiger charge is 2.25. The highest BCUT2D eigenvalue weighted by molar-refractivity contribution is 5.85. The zero-order chi connectivity index (χ0) is 15.5. The van der Waals surface area contributed by atoms with Gasteiger partial charge in [-0.05, 0) is 19.3 Å². The van der Waals surface area contributed by atoms with Crippen LogP contribution in [0.3, 0.4) is 0 Å². The first kappa shape index (κ1) is 14.8. The Morgan fingerprint density at radius 1 is 1.36 bits per heavy atom. The third-order valence-electron chi connectivity index (χ3n) is 3.94. The molecule has 1 unspecified atom stereocenters. The number of carbonyl (C=O) groups is 1. The van der Waals surface area contributed by atoms with Crippen LogP contribution >= 0.6 is 0 Å². The summed E-state index contributed by atoms with van der Waals surface area (Å²) in [5.41, 5.74) is 0. The number of guanidine groups is 1. The van der Waals surface area contributed by atoms with Crippen molar-refractivity contribution in [2.24, 2.45) is 4.99 Å². The van der Waals surface area contributed by atoms with Gasteiger partial charge in [-0.3, -0.25) is 4.79 Å². The van der Waals surface area contributed by atoms with Gasteiger partial charge in [0.2, 0.25) is 5.91 Å². The van der Waals surface area contributed by atoms with Gasteiger partial charge >= 0.3 is 0 Å². The zero-order valence-electron chi connectivity index (χ0n) is 13.1. The SMILES string of the molecule is CN(C)C(=O)CN=C(NC1CC1)NC1CCc2ncnn2C1. The second kappa shape index (κ2) is 6.33. The van der Waals surface area contributed by atoms with Crippen LogP contribution < -0.4 is 10.6 Å². The van der Waals surface area contributed by atoms with Gasteiger partial charge in [-0.15, -0.1) is 0 Å². The maximum atomic E-state index is 11.7. The van der Waals surface area contributed by atoms with Gasteiger partial charge in [-0.2, -0.15) is 5.10 Å². The minimum absolute atomic E-state index is 0.000830. The molecule has 1 aromatic rings. The molecule has 8 nitrogen and oxygen atoms in total. The van der Waals surface area contributed by atoms with E-state index in [0.29, 0.717) is 6.04 Å². The first-order valence-corrected chi connectivity index (χ1v) is 7.76. The molecule has 1 aliphatic heterocycles. The summed E-state index contributed by atoms with van der Waals surface area (Å²) in [5.74, 6) is 1.76. The van der Waals surface area contributed by atoms with Crippen molar-refractivity contribution < 1.29 is 4.79 Å². The Balaban J connectivity index is 1.60. The van der Waals surface area contributed by atoms with Crippen LogP contribution in [-0.4, -0.2) is 64.3 Å². The number of aliphatic imine (C=N–C) groups is 1. The number of likely N-dealkylation sites (N-methyl/N-ethyl adjacent to an activating group) is 1. The van der Waals surface area contributed by atoms with E-state index in [1.165, 1.54) is 12.8 Å². The van der Waals surface area contributed by atoms with E-state index in [1.54, 1.807) is 25.3 Å². The molecule has 3 rings (SSSR count). The van der Waals surface area contributed by atoms with Crippen molar-refractivity contribution in [3.63, 3.8) is 0 Å². The van der Waals surface area contributed by atoms with Crippen LogP contribution in [0.5, 0.6) is 0 Å². The summed E-state index contributed by atoms with van der Waals surface area (Å²) in [6.45, 7) is 0.943. The molecule has 1 aliphatic carbocycles. The average Bonchev–Trinajstić information content (AvgIpc) is 3.18. The summed E-state index contributed by atoms with van der Waals surface area (Å²) in [7, 11) is 3.49. The quantitative estimate of drug-likeness (QED) is 0.572. The van der Waals surface area contributed by atoms with E-state index >= 15 is 0 Å². The van der Waals surface area contributed by atoms with Crippen molar-refractivity contribution in [1.29, 1.82) is 0 Å². The molecule has 0 spiro atoms. The Morgan fingerprint density at radius 2 is 2.14 bits per heavy atom. The van der Waals surface area contributed by atoms with Crippen LogP contribution in [0.4, 0.5) is 0 Å². The number of rotatable bonds is 4. The fraction of sp³-hybridized carbons (Fsp3) is 0.714. The van der Waals surface area contributed by atoms with E-state index in [1.807, 2.05) is 4.68 Å². The molecule has 1 saturated carbocycles. The molecule has 2 N–H and O–H groups in total. The molecular weight excluding hydrogens is 282 g/mol. The second-order valence-corrected chi connectivity index (χ2v) is 6.11. The van der Waals surface area contributed by atoms with Crippen molar-refractivity contribution in [1.82, 2.24) is 30.3 Å². The van der Waals surface area contributed by atoms with Gasteiger partial charge < -0.3 is 15.5 Å². The van der Waals surface area contributed by atoms with Crippen LogP contribution in [0.1, 0.15) is 25.1 Å². The number of hydrogen-bond donors (Lipinski definition) is 2. The van der Waals surface area contributed by atoms with Crippen LogP contribution in [0, 0.1) is 0 Å². The number of nitrogens with zero attached hydrogens (tertiary/aromatic N) is 5. The summed E-state index contributed by atoms with van der Waals surface area (Å²) in [4.78, 5) is 21.9. The number of fused-ring (bicyclic) bond motifs is 1. The smallest absolute Gasteiger partial charge is 0.243 e. The number of nitrogens with one attached hydrogen (secondary N) is 2. The summed E-state index contributed by atoms with van der Waals surface area (Å²) in [5, 5.41) is 11.0. The molecule has 0 radical (unpaired) electrons. The van der Waals surface area contributed by atoms with Crippen molar-refractivity contribution in [3.8, 4) is 0 Å². The van der Waals surface area contributed by atoms with Crippen LogP contribution in [0.25, 0.3) is 0 Å². The fourth-order valence-corrected chi connectivity index (χ4v) is 2.39. The van der Waals surface area contributed by atoms with Crippen molar-refractivity contribution >= 4 is 11.9 Å². The van der Waals surface area contributed by atoms with Gasteiger partial charge in [0.1, 0.15) is 18.7 Å². The fourth-order valence-electron chi connectivity index (χ4n) is 2.39. The minimum atomic E-state index is -0.000830. The van der Waals surface area contributed by atoms with E-state index in [0.717, 1.165) is 31.2 Å². The first-order chi connectivity index (χ1) is 10.6. The van der Waals surface area contributed by atoms with Gasteiger partial charge in [-0.1, -0.05) is 0 Å². The lowest BCUT2D eigenvalue weighted by Crippen LogP contribution is -2.48.